The van der Waals surface area contributed by atoms with Gasteiger partial charge in [-0.1, -0.05) is 24.6 Å². The number of carbonyl (C=O) groups excluding carboxylic acids is 1. The van der Waals surface area contributed by atoms with Crippen LogP contribution in [0.5, 0.6) is 5.75 Å². The fraction of sp³-hybridized carbons (Fsp3) is 0.588. The maximum atomic E-state index is 12.4. The van der Waals surface area contributed by atoms with Crippen molar-refractivity contribution < 1.29 is 9.53 Å². The number of fused-ring (bicyclic) bond motifs is 1. The molecule has 1 aliphatic carbocycles. The Bertz CT molecular complexity index is 598. The number of para-hydroxylation sites is 1. The zero-order chi connectivity index (χ0) is 15.2. The van der Waals surface area contributed by atoms with Crippen molar-refractivity contribution in [2.75, 3.05) is 19.7 Å². The van der Waals surface area contributed by atoms with Gasteiger partial charge in [0.25, 0.3) is 0 Å². The highest BCUT2D eigenvalue weighted by Gasteiger charge is 2.49. The van der Waals surface area contributed by atoms with E-state index in [1.165, 1.54) is 12.0 Å². The highest BCUT2D eigenvalue weighted by atomic mass is 16.5. The van der Waals surface area contributed by atoms with Crippen LogP contribution < -0.4 is 15.8 Å². The molecule has 0 radical (unpaired) electrons. The van der Waals surface area contributed by atoms with E-state index in [1.807, 2.05) is 17.0 Å². The van der Waals surface area contributed by atoms with Crippen LogP contribution in [-0.4, -0.2) is 36.7 Å². The lowest BCUT2D eigenvalue weighted by molar-refractivity contribution is 0.125. The second-order valence-electron chi connectivity index (χ2n) is 6.87. The topological polar surface area (TPSA) is 67.6 Å². The van der Waals surface area contributed by atoms with Gasteiger partial charge in [-0.15, -0.1) is 0 Å². The number of amides is 2. The van der Waals surface area contributed by atoms with Crippen LogP contribution in [0.1, 0.15) is 30.4 Å². The minimum atomic E-state index is -0.00479. The van der Waals surface area contributed by atoms with Crippen LogP contribution in [0, 0.1) is 5.41 Å². The standard InChI is InChI=1S/C17H23N3O2/c18-14-10-20(11-17(14)6-2-7-17)16(21)19-9-13-4-1-3-12-5-8-22-15(12)13/h1,3-4,14H,2,5-11,18H2,(H,19,21). The van der Waals surface area contributed by atoms with Crippen molar-refractivity contribution in [1.82, 2.24) is 10.2 Å². The number of ether oxygens (including phenoxy) is 1. The molecule has 2 heterocycles. The molecule has 1 atom stereocenters. The summed E-state index contributed by atoms with van der Waals surface area (Å²) in [5.41, 5.74) is 8.74. The summed E-state index contributed by atoms with van der Waals surface area (Å²) in [6, 6.07) is 6.27. The first-order chi connectivity index (χ1) is 10.7. The molecule has 0 aromatic heterocycles. The van der Waals surface area contributed by atoms with Gasteiger partial charge in [-0.2, -0.15) is 0 Å². The summed E-state index contributed by atoms with van der Waals surface area (Å²) in [4.78, 5) is 14.3. The van der Waals surface area contributed by atoms with Crippen LogP contribution in [0.2, 0.25) is 0 Å². The van der Waals surface area contributed by atoms with Gasteiger partial charge in [0, 0.05) is 43.1 Å². The zero-order valence-corrected chi connectivity index (χ0v) is 12.8. The maximum absolute atomic E-state index is 12.4. The molecule has 2 amide bonds. The highest BCUT2D eigenvalue weighted by Crippen LogP contribution is 2.47. The number of hydrogen-bond donors (Lipinski definition) is 2. The summed E-state index contributed by atoms with van der Waals surface area (Å²) in [6.07, 6.45) is 4.53. The van der Waals surface area contributed by atoms with Crippen LogP contribution in [0.15, 0.2) is 18.2 Å². The van der Waals surface area contributed by atoms with Crippen LogP contribution in [0.3, 0.4) is 0 Å². The molecular formula is C17H23N3O2. The summed E-state index contributed by atoms with van der Waals surface area (Å²) in [5, 5.41) is 3.03. The number of nitrogens with two attached hydrogens (primary N) is 1. The molecule has 1 saturated heterocycles. The summed E-state index contributed by atoms with van der Waals surface area (Å²) >= 11 is 0. The molecule has 3 N–H and O–H groups in total. The Labute approximate surface area is 130 Å². The van der Waals surface area contributed by atoms with Crippen molar-refractivity contribution in [1.29, 1.82) is 0 Å². The number of nitrogens with one attached hydrogen (secondary N) is 1. The summed E-state index contributed by atoms with van der Waals surface area (Å²) in [5.74, 6) is 0.955. The van der Waals surface area contributed by atoms with Gasteiger partial charge in [-0.3, -0.25) is 0 Å². The van der Waals surface area contributed by atoms with Gasteiger partial charge >= 0.3 is 6.03 Å². The first kappa shape index (κ1) is 13.9. The molecule has 5 nitrogen and oxygen atoms in total. The van der Waals surface area contributed by atoms with E-state index in [4.69, 9.17) is 10.5 Å². The number of urea groups is 1. The van der Waals surface area contributed by atoms with Crippen molar-refractivity contribution >= 4 is 6.03 Å². The van der Waals surface area contributed by atoms with Crippen LogP contribution in [-0.2, 0) is 13.0 Å². The minimum absolute atomic E-state index is 0.00479. The Hall–Kier alpha value is -1.75. The normalized spacial score (nSPS) is 24.8. The second kappa shape index (κ2) is 5.16. The Morgan fingerprint density at radius 2 is 2.32 bits per heavy atom. The van der Waals surface area contributed by atoms with Crippen molar-refractivity contribution in [3.8, 4) is 5.75 Å². The lowest BCUT2D eigenvalue weighted by Crippen LogP contribution is -2.45. The van der Waals surface area contributed by atoms with Gasteiger partial charge < -0.3 is 20.7 Å². The number of likely N-dealkylation sites (tertiary alicyclic amines) is 1. The van der Waals surface area contributed by atoms with Crippen molar-refractivity contribution in [3.05, 3.63) is 29.3 Å². The lowest BCUT2D eigenvalue weighted by atomic mass is 9.66. The molecule has 2 aliphatic heterocycles. The summed E-state index contributed by atoms with van der Waals surface area (Å²) < 4.78 is 5.68. The van der Waals surface area contributed by atoms with E-state index >= 15 is 0 Å². The molecule has 22 heavy (non-hydrogen) atoms. The van der Waals surface area contributed by atoms with Crippen molar-refractivity contribution in [3.63, 3.8) is 0 Å². The predicted octanol–water partition coefficient (Wildman–Crippen LogP) is 1.64. The van der Waals surface area contributed by atoms with E-state index in [1.54, 1.807) is 0 Å². The van der Waals surface area contributed by atoms with E-state index < -0.39 is 0 Å². The number of nitrogens with zero attached hydrogens (tertiary/aromatic N) is 1. The molecule has 5 heteroatoms. The van der Waals surface area contributed by atoms with E-state index in [9.17, 15) is 4.79 Å². The van der Waals surface area contributed by atoms with Gasteiger partial charge in [0.05, 0.1) is 6.61 Å². The zero-order valence-electron chi connectivity index (χ0n) is 12.8. The number of carbonyl (C=O) groups is 1. The third-order valence-corrected chi connectivity index (χ3v) is 5.57. The Balaban J connectivity index is 1.38. The Morgan fingerprint density at radius 1 is 1.45 bits per heavy atom. The smallest absolute Gasteiger partial charge is 0.317 e. The second-order valence-corrected chi connectivity index (χ2v) is 6.87. The third-order valence-electron chi connectivity index (χ3n) is 5.57. The first-order valence-corrected chi connectivity index (χ1v) is 8.20. The first-order valence-electron chi connectivity index (χ1n) is 8.20. The number of rotatable bonds is 2. The predicted molar refractivity (Wildman–Crippen MR) is 83.7 cm³/mol. The van der Waals surface area contributed by atoms with Crippen LogP contribution >= 0.6 is 0 Å². The van der Waals surface area contributed by atoms with E-state index in [0.717, 1.165) is 43.7 Å². The number of benzene rings is 1. The average molecular weight is 301 g/mol. The fourth-order valence-electron chi connectivity index (χ4n) is 4.01. The SMILES string of the molecule is NC1CN(C(=O)NCc2cccc3c2OCC3)CC12CCC2. The molecule has 1 spiro atoms. The molecule has 1 saturated carbocycles. The average Bonchev–Trinajstić information content (AvgIpc) is 3.08. The quantitative estimate of drug-likeness (QED) is 0.872. The van der Waals surface area contributed by atoms with Gasteiger partial charge in [0.1, 0.15) is 5.75 Å². The highest BCUT2D eigenvalue weighted by molar-refractivity contribution is 5.75. The van der Waals surface area contributed by atoms with Crippen LogP contribution in [0.4, 0.5) is 4.79 Å². The monoisotopic (exact) mass is 301 g/mol. The number of hydrogen-bond acceptors (Lipinski definition) is 3. The summed E-state index contributed by atoms with van der Waals surface area (Å²) in [7, 11) is 0. The molecule has 0 bridgehead atoms. The Morgan fingerprint density at radius 3 is 3.05 bits per heavy atom. The van der Waals surface area contributed by atoms with Gasteiger partial charge in [-0.05, 0) is 18.4 Å². The molecular weight excluding hydrogens is 278 g/mol. The molecule has 3 aliphatic rings. The molecule has 2 fully saturated rings. The van der Waals surface area contributed by atoms with Gasteiger partial charge in [0.15, 0.2) is 0 Å². The minimum Gasteiger partial charge on any atom is -0.493 e. The largest absolute Gasteiger partial charge is 0.493 e. The third kappa shape index (κ3) is 2.15. The molecule has 1 aromatic rings. The van der Waals surface area contributed by atoms with Crippen molar-refractivity contribution in [2.45, 2.75) is 38.3 Å². The van der Waals surface area contributed by atoms with Gasteiger partial charge in [0.2, 0.25) is 0 Å². The van der Waals surface area contributed by atoms with Gasteiger partial charge in [-0.25, -0.2) is 4.79 Å². The molecule has 118 valence electrons. The Kier molecular flexibility index (Phi) is 3.26. The van der Waals surface area contributed by atoms with Crippen molar-refractivity contribution in [2.24, 2.45) is 11.1 Å². The van der Waals surface area contributed by atoms with Crippen LogP contribution in [0.25, 0.3) is 0 Å². The summed E-state index contributed by atoms with van der Waals surface area (Å²) in [6.45, 7) is 2.74. The molecule has 4 rings (SSSR count). The molecule has 1 unspecified atom stereocenters. The van der Waals surface area contributed by atoms with E-state index in [-0.39, 0.29) is 17.5 Å². The fourth-order valence-corrected chi connectivity index (χ4v) is 4.01. The molecule has 1 aromatic carbocycles. The van der Waals surface area contributed by atoms with E-state index in [0.29, 0.717) is 13.1 Å². The maximum Gasteiger partial charge on any atom is 0.317 e. The van der Waals surface area contributed by atoms with E-state index in [2.05, 4.69) is 11.4 Å². The lowest BCUT2D eigenvalue weighted by Gasteiger charge is -2.41.